The van der Waals surface area contributed by atoms with Crippen molar-refractivity contribution in [2.24, 2.45) is 0 Å². The minimum Gasteiger partial charge on any atom is -0.452 e. The molecule has 3 aromatic rings. The topological polar surface area (TPSA) is 88.6 Å². The summed E-state index contributed by atoms with van der Waals surface area (Å²) in [5.41, 5.74) is 1.51. The Morgan fingerprint density at radius 1 is 1.25 bits per heavy atom. The maximum atomic E-state index is 12.7. The summed E-state index contributed by atoms with van der Waals surface area (Å²) in [5, 5.41) is 3.15. The number of amides is 3. The number of fused-ring (bicyclic) bond motifs is 1. The van der Waals surface area contributed by atoms with E-state index < -0.39 is 24.5 Å². The highest BCUT2D eigenvalue weighted by atomic mass is 35.5. The van der Waals surface area contributed by atoms with E-state index in [2.05, 4.69) is 10.3 Å². The summed E-state index contributed by atoms with van der Waals surface area (Å²) in [5.74, 6) is -1.22. The molecule has 1 fully saturated rings. The third-order valence-corrected chi connectivity index (χ3v) is 5.50. The van der Waals surface area contributed by atoms with Crippen LogP contribution in [0.3, 0.4) is 0 Å². The molecule has 142 valence electrons. The number of nitrogens with zero attached hydrogens (tertiary/aromatic N) is 2. The standard InChI is InChI=1S/C19H14ClN3O4S/c20-16-6-5-15(28-16)14-9-12(11-3-1-2-4-13(11)22-14)18(25)27-10-17(24)23-8-7-21-19(23)26/h1-6,9H,7-8,10H2,(H,21,26). The van der Waals surface area contributed by atoms with Gasteiger partial charge in [-0.2, -0.15) is 0 Å². The summed E-state index contributed by atoms with van der Waals surface area (Å²) >= 11 is 7.36. The Labute approximate surface area is 168 Å². The van der Waals surface area contributed by atoms with Gasteiger partial charge >= 0.3 is 12.0 Å². The van der Waals surface area contributed by atoms with E-state index in [1.54, 1.807) is 30.3 Å². The summed E-state index contributed by atoms with van der Waals surface area (Å²) in [7, 11) is 0. The number of halogens is 1. The van der Waals surface area contributed by atoms with E-state index in [1.807, 2.05) is 12.1 Å². The molecule has 4 rings (SSSR count). The summed E-state index contributed by atoms with van der Waals surface area (Å²) in [6, 6.07) is 11.9. The van der Waals surface area contributed by atoms with Gasteiger partial charge in [-0.15, -0.1) is 11.3 Å². The van der Waals surface area contributed by atoms with Gasteiger partial charge in [0.25, 0.3) is 5.91 Å². The Kier molecular flexibility index (Phi) is 4.97. The number of para-hydroxylation sites is 1. The Morgan fingerprint density at radius 3 is 2.79 bits per heavy atom. The molecule has 1 aliphatic heterocycles. The van der Waals surface area contributed by atoms with Crippen LogP contribution in [0.5, 0.6) is 0 Å². The number of esters is 1. The third kappa shape index (κ3) is 3.56. The minimum atomic E-state index is -0.657. The molecule has 0 atom stereocenters. The van der Waals surface area contributed by atoms with Crippen molar-refractivity contribution < 1.29 is 19.1 Å². The van der Waals surface area contributed by atoms with E-state index in [-0.39, 0.29) is 6.54 Å². The van der Waals surface area contributed by atoms with Gasteiger partial charge in [0, 0.05) is 18.5 Å². The summed E-state index contributed by atoms with van der Waals surface area (Å²) in [6.07, 6.45) is 0. The molecule has 1 saturated heterocycles. The maximum absolute atomic E-state index is 12.7. The van der Waals surface area contributed by atoms with Gasteiger partial charge in [0.15, 0.2) is 6.61 Å². The fourth-order valence-corrected chi connectivity index (χ4v) is 3.92. The molecule has 1 aromatic carbocycles. The quantitative estimate of drug-likeness (QED) is 0.660. The number of pyridine rings is 1. The van der Waals surface area contributed by atoms with Crippen molar-refractivity contribution in [1.82, 2.24) is 15.2 Å². The number of hydrogen-bond acceptors (Lipinski definition) is 6. The number of imide groups is 1. The maximum Gasteiger partial charge on any atom is 0.339 e. The SMILES string of the molecule is O=C(OCC(=O)N1CCNC1=O)c1cc(-c2ccc(Cl)s2)nc2ccccc12. The molecular weight excluding hydrogens is 402 g/mol. The lowest BCUT2D eigenvalue weighted by molar-refractivity contribution is -0.130. The van der Waals surface area contributed by atoms with Crippen LogP contribution in [-0.2, 0) is 9.53 Å². The van der Waals surface area contributed by atoms with Gasteiger partial charge in [-0.25, -0.2) is 14.6 Å². The van der Waals surface area contributed by atoms with Gasteiger partial charge < -0.3 is 10.1 Å². The highest BCUT2D eigenvalue weighted by Gasteiger charge is 2.27. The van der Waals surface area contributed by atoms with Gasteiger partial charge in [0.1, 0.15) is 0 Å². The van der Waals surface area contributed by atoms with Crippen molar-refractivity contribution in [2.75, 3.05) is 19.7 Å². The average Bonchev–Trinajstić information content (AvgIpc) is 3.33. The summed E-state index contributed by atoms with van der Waals surface area (Å²) < 4.78 is 5.81. The van der Waals surface area contributed by atoms with Gasteiger partial charge in [0.05, 0.1) is 26.0 Å². The number of carbonyl (C=O) groups excluding carboxylic acids is 3. The molecule has 7 nitrogen and oxygen atoms in total. The molecule has 1 N–H and O–H groups in total. The number of ether oxygens (including phenoxy) is 1. The van der Waals surface area contributed by atoms with Crippen molar-refractivity contribution in [3.05, 3.63) is 52.4 Å². The summed E-state index contributed by atoms with van der Waals surface area (Å²) in [4.78, 5) is 42.8. The van der Waals surface area contributed by atoms with E-state index in [1.165, 1.54) is 11.3 Å². The fourth-order valence-electron chi connectivity index (χ4n) is 2.91. The zero-order chi connectivity index (χ0) is 19.7. The van der Waals surface area contributed by atoms with Crippen LogP contribution in [-0.4, -0.2) is 47.5 Å². The number of benzene rings is 1. The molecule has 0 bridgehead atoms. The Balaban J connectivity index is 1.62. The number of aromatic nitrogens is 1. The fraction of sp³-hybridized carbons (Fsp3) is 0.158. The first-order chi connectivity index (χ1) is 13.5. The smallest absolute Gasteiger partial charge is 0.339 e. The normalized spacial score (nSPS) is 13.6. The van der Waals surface area contributed by atoms with E-state index in [4.69, 9.17) is 16.3 Å². The molecule has 3 amide bonds. The first-order valence-corrected chi connectivity index (χ1v) is 9.63. The number of urea groups is 1. The molecule has 3 heterocycles. The molecule has 0 aliphatic carbocycles. The van der Waals surface area contributed by atoms with E-state index in [0.717, 1.165) is 9.78 Å². The first kappa shape index (κ1) is 18.4. The van der Waals surface area contributed by atoms with Crippen molar-refractivity contribution in [2.45, 2.75) is 0 Å². The largest absolute Gasteiger partial charge is 0.452 e. The van der Waals surface area contributed by atoms with Crippen LogP contribution < -0.4 is 5.32 Å². The van der Waals surface area contributed by atoms with Crippen LogP contribution in [0.25, 0.3) is 21.5 Å². The van der Waals surface area contributed by atoms with Crippen molar-refractivity contribution >= 4 is 51.7 Å². The lowest BCUT2D eigenvalue weighted by Crippen LogP contribution is -2.37. The molecule has 1 aliphatic rings. The number of nitrogens with one attached hydrogen (secondary N) is 1. The second-order valence-electron chi connectivity index (χ2n) is 6.03. The average molecular weight is 416 g/mol. The zero-order valence-electron chi connectivity index (χ0n) is 14.5. The molecule has 0 spiro atoms. The van der Waals surface area contributed by atoms with Crippen LogP contribution >= 0.6 is 22.9 Å². The molecular formula is C19H14ClN3O4S. The van der Waals surface area contributed by atoms with Crippen molar-refractivity contribution in [3.8, 4) is 10.6 Å². The molecule has 0 radical (unpaired) electrons. The Morgan fingerprint density at radius 2 is 2.07 bits per heavy atom. The highest BCUT2D eigenvalue weighted by molar-refractivity contribution is 7.19. The van der Waals surface area contributed by atoms with Gasteiger partial charge in [-0.05, 0) is 24.3 Å². The zero-order valence-corrected chi connectivity index (χ0v) is 16.0. The molecule has 28 heavy (non-hydrogen) atoms. The van der Waals surface area contributed by atoms with Crippen molar-refractivity contribution in [3.63, 3.8) is 0 Å². The van der Waals surface area contributed by atoms with E-state index in [0.29, 0.717) is 33.0 Å². The molecule has 9 heteroatoms. The molecule has 0 unspecified atom stereocenters. The van der Waals surface area contributed by atoms with Gasteiger partial charge in [0.2, 0.25) is 0 Å². The second kappa shape index (κ2) is 7.57. The van der Waals surface area contributed by atoms with Crippen molar-refractivity contribution in [1.29, 1.82) is 0 Å². The van der Waals surface area contributed by atoms with Gasteiger partial charge in [-0.3, -0.25) is 9.69 Å². The van der Waals surface area contributed by atoms with Crippen LogP contribution in [0.15, 0.2) is 42.5 Å². The van der Waals surface area contributed by atoms with Crippen LogP contribution in [0.1, 0.15) is 10.4 Å². The number of carbonyl (C=O) groups is 3. The molecule has 2 aromatic heterocycles. The van der Waals surface area contributed by atoms with E-state index in [9.17, 15) is 14.4 Å². The van der Waals surface area contributed by atoms with Crippen LogP contribution in [0.2, 0.25) is 4.34 Å². The number of hydrogen-bond donors (Lipinski definition) is 1. The Hall–Kier alpha value is -2.97. The summed E-state index contributed by atoms with van der Waals surface area (Å²) in [6.45, 7) is 0.139. The van der Waals surface area contributed by atoms with Gasteiger partial charge in [-0.1, -0.05) is 29.8 Å². The number of thiophene rings is 1. The lowest BCUT2D eigenvalue weighted by Gasteiger charge is -2.13. The monoisotopic (exact) mass is 415 g/mol. The predicted octanol–water partition coefficient (Wildman–Crippen LogP) is 3.33. The lowest BCUT2D eigenvalue weighted by atomic mass is 10.1. The van der Waals surface area contributed by atoms with Crippen LogP contribution in [0, 0.1) is 0 Å². The molecule has 0 saturated carbocycles. The second-order valence-corrected chi connectivity index (χ2v) is 7.74. The highest BCUT2D eigenvalue weighted by Crippen LogP contribution is 2.32. The Bertz CT molecular complexity index is 1100. The number of rotatable bonds is 4. The minimum absolute atomic E-state index is 0.261. The predicted molar refractivity (Wildman–Crippen MR) is 105 cm³/mol. The third-order valence-electron chi connectivity index (χ3n) is 4.25. The van der Waals surface area contributed by atoms with E-state index >= 15 is 0 Å². The first-order valence-electron chi connectivity index (χ1n) is 8.44. The van der Waals surface area contributed by atoms with Crippen LogP contribution in [0.4, 0.5) is 4.79 Å².